The maximum absolute atomic E-state index is 13.2. The second kappa shape index (κ2) is 7.14. The van der Waals surface area contributed by atoms with Crippen LogP contribution in [0.2, 0.25) is 0 Å². The average Bonchev–Trinajstić information content (AvgIpc) is 3.06. The molecule has 1 unspecified atom stereocenters. The van der Waals surface area contributed by atoms with Crippen LogP contribution in [0.4, 0.5) is 0 Å². The Bertz CT molecular complexity index is 890. The van der Waals surface area contributed by atoms with Crippen molar-refractivity contribution in [3.8, 4) is 0 Å². The molecule has 5 aliphatic rings. The van der Waals surface area contributed by atoms with Crippen molar-refractivity contribution < 1.29 is 19.1 Å². The third kappa shape index (κ3) is 3.33. The number of hydrogen-bond donors (Lipinski definition) is 3. The van der Waals surface area contributed by atoms with E-state index in [2.05, 4.69) is 10.6 Å². The highest BCUT2D eigenvalue weighted by Crippen LogP contribution is 2.42. The van der Waals surface area contributed by atoms with Gasteiger partial charge in [-0.1, -0.05) is 18.2 Å². The van der Waals surface area contributed by atoms with E-state index >= 15 is 0 Å². The Morgan fingerprint density at radius 3 is 2.70 bits per heavy atom. The molecule has 30 heavy (non-hydrogen) atoms. The van der Waals surface area contributed by atoms with E-state index in [1.807, 2.05) is 18.2 Å². The number of fused-ring (bicyclic) bond motifs is 4. The largest absolute Gasteiger partial charge is 0.372 e. The molecule has 0 spiro atoms. The zero-order chi connectivity index (χ0) is 20.9. The molecule has 1 aliphatic carbocycles. The lowest BCUT2D eigenvalue weighted by Crippen LogP contribution is -2.62. The minimum atomic E-state index is -0.586. The molecule has 3 saturated heterocycles. The molecule has 0 aromatic heterocycles. The Balaban J connectivity index is 1.26. The van der Waals surface area contributed by atoms with Gasteiger partial charge in [-0.15, -0.1) is 0 Å². The summed E-state index contributed by atoms with van der Waals surface area (Å²) in [6.45, 7) is 2.32. The van der Waals surface area contributed by atoms with Gasteiger partial charge in [0.15, 0.2) is 0 Å². The van der Waals surface area contributed by atoms with E-state index in [1.54, 1.807) is 4.90 Å². The molecule has 4 aliphatic heterocycles. The number of rotatable bonds is 5. The second-order valence-electron chi connectivity index (χ2n) is 9.29. The van der Waals surface area contributed by atoms with Crippen LogP contribution in [0.25, 0.3) is 0 Å². The van der Waals surface area contributed by atoms with Gasteiger partial charge in [0.2, 0.25) is 11.8 Å². The highest BCUT2D eigenvalue weighted by molar-refractivity contribution is 6.05. The van der Waals surface area contributed by atoms with Crippen LogP contribution in [0.1, 0.15) is 60.0 Å². The number of benzene rings is 1. The SMILES string of the molecule is NC12CCC(CNCc3cccc4c3C(=O)N(C3CCC(=O)NC3=O)C4)(CC1)OC2. The smallest absolute Gasteiger partial charge is 0.255 e. The van der Waals surface area contributed by atoms with Crippen LogP contribution in [0.5, 0.6) is 0 Å². The first kappa shape index (κ1) is 19.7. The van der Waals surface area contributed by atoms with E-state index in [0.717, 1.165) is 43.4 Å². The highest BCUT2D eigenvalue weighted by Gasteiger charge is 2.47. The Labute approximate surface area is 175 Å². The Hall–Kier alpha value is -2.29. The maximum Gasteiger partial charge on any atom is 0.255 e. The first-order chi connectivity index (χ1) is 14.4. The lowest BCUT2D eigenvalue weighted by molar-refractivity contribution is -0.150. The summed E-state index contributed by atoms with van der Waals surface area (Å²) >= 11 is 0. The monoisotopic (exact) mass is 412 g/mol. The number of ether oxygens (including phenoxy) is 1. The fourth-order valence-electron chi connectivity index (χ4n) is 5.28. The Morgan fingerprint density at radius 1 is 1.20 bits per heavy atom. The van der Waals surface area contributed by atoms with Gasteiger partial charge in [-0.05, 0) is 43.2 Å². The van der Waals surface area contributed by atoms with Gasteiger partial charge >= 0.3 is 0 Å². The van der Waals surface area contributed by atoms with Gasteiger partial charge in [0.05, 0.1) is 12.2 Å². The highest BCUT2D eigenvalue weighted by atomic mass is 16.5. The molecule has 4 N–H and O–H groups in total. The van der Waals surface area contributed by atoms with Crippen molar-refractivity contribution in [2.24, 2.45) is 5.73 Å². The van der Waals surface area contributed by atoms with Crippen LogP contribution in [-0.4, -0.2) is 53.0 Å². The topological polar surface area (TPSA) is 114 Å². The van der Waals surface area contributed by atoms with Gasteiger partial charge in [0, 0.05) is 37.2 Å². The molecule has 1 atom stereocenters. The predicted octanol–water partition coefficient (Wildman–Crippen LogP) is 0.578. The van der Waals surface area contributed by atoms with Crippen molar-refractivity contribution in [1.29, 1.82) is 0 Å². The normalized spacial score (nSPS) is 33.0. The lowest BCUT2D eigenvalue weighted by Gasteiger charge is -2.51. The molecule has 1 saturated carbocycles. The van der Waals surface area contributed by atoms with Crippen molar-refractivity contribution in [1.82, 2.24) is 15.5 Å². The Morgan fingerprint density at radius 2 is 2.00 bits per heavy atom. The van der Waals surface area contributed by atoms with E-state index in [4.69, 9.17) is 10.5 Å². The molecular formula is C22H28N4O4. The minimum absolute atomic E-state index is 0.130. The zero-order valence-electron chi connectivity index (χ0n) is 17.0. The van der Waals surface area contributed by atoms with Crippen molar-refractivity contribution in [2.45, 2.75) is 68.8 Å². The van der Waals surface area contributed by atoms with Gasteiger partial charge in [-0.3, -0.25) is 19.7 Å². The first-order valence-electron chi connectivity index (χ1n) is 10.8. The molecule has 8 heteroatoms. The van der Waals surface area contributed by atoms with E-state index < -0.39 is 6.04 Å². The fourth-order valence-corrected chi connectivity index (χ4v) is 5.28. The molecule has 1 aromatic rings. The summed E-state index contributed by atoms with van der Waals surface area (Å²) < 4.78 is 6.10. The van der Waals surface area contributed by atoms with Crippen molar-refractivity contribution in [3.63, 3.8) is 0 Å². The summed E-state index contributed by atoms with van der Waals surface area (Å²) in [5.41, 5.74) is 8.56. The number of nitrogens with zero attached hydrogens (tertiary/aromatic N) is 1. The van der Waals surface area contributed by atoms with Crippen LogP contribution < -0.4 is 16.4 Å². The summed E-state index contributed by atoms with van der Waals surface area (Å²) in [5.74, 6) is -0.785. The van der Waals surface area contributed by atoms with Gasteiger partial charge in [0.25, 0.3) is 5.91 Å². The number of carbonyl (C=O) groups excluding carboxylic acids is 3. The van der Waals surface area contributed by atoms with E-state index in [9.17, 15) is 14.4 Å². The average molecular weight is 412 g/mol. The summed E-state index contributed by atoms with van der Waals surface area (Å²) in [7, 11) is 0. The third-order valence-corrected chi connectivity index (χ3v) is 7.22. The summed E-state index contributed by atoms with van der Waals surface area (Å²) in [5, 5.41) is 5.85. The van der Waals surface area contributed by atoms with Crippen LogP contribution in [0.15, 0.2) is 18.2 Å². The number of nitrogens with two attached hydrogens (primary N) is 1. The summed E-state index contributed by atoms with van der Waals surface area (Å²) in [6, 6.07) is 5.27. The molecule has 160 valence electrons. The maximum atomic E-state index is 13.2. The molecule has 4 fully saturated rings. The standard InChI is InChI=1S/C22H28N4O4/c23-21-6-8-22(9-7-21,30-13-21)12-24-10-14-2-1-3-15-11-26(20(29)18(14)15)16-4-5-17(27)25-19(16)28/h1-3,16,24H,4-13,23H2,(H,25,27,28). The summed E-state index contributed by atoms with van der Waals surface area (Å²) in [4.78, 5) is 38.5. The van der Waals surface area contributed by atoms with E-state index in [0.29, 0.717) is 31.7 Å². The van der Waals surface area contributed by atoms with E-state index in [-0.39, 0.29) is 35.3 Å². The molecule has 3 amide bonds. The number of amides is 3. The van der Waals surface area contributed by atoms with Crippen LogP contribution >= 0.6 is 0 Å². The van der Waals surface area contributed by atoms with Gasteiger partial charge < -0.3 is 20.7 Å². The number of carbonyl (C=O) groups is 3. The number of piperidine rings is 1. The molecule has 1 aromatic carbocycles. The van der Waals surface area contributed by atoms with Crippen molar-refractivity contribution in [3.05, 3.63) is 34.9 Å². The zero-order valence-corrected chi connectivity index (χ0v) is 17.0. The Kier molecular flexibility index (Phi) is 4.68. The van der Waals surface area contributed by atoms with Gasteiger partial charge in [0.1, 0.15) is 6.04 Å². The van der Waals surface area contributed by atoms with Crippen LogP contribution in [0, 0.1) is 0 Å². The van der Waals surface area contributed by atoms with Gasteiger partial charge in [-0.2, -0.15) is 0 Å². The lowest BCUT2D eigenvalue weighted by atomic mass is 9.71. The quantitative estimate of drug-likeness (QED) is 0.610. The van der Waals surface area contributed by atoms with E-state index in [1.165, 1.54) is 0 Å². The predicted molar refractivity (Wildman–Crippen MR) is 108 cm³/mol. The van der Waals surface area contributed by atoms with Crippen molar-refractivity contribution in [2.75, 3.05) is 13.2 Å². The number of hydrogen-bond acceptors (Lipinski definition) is 6. The molecule has 8 nitrogen and oxygen atoms in total. The molecular weight excluding hydrogens is 384 g/mol. The van der Waals surface area contributed by atoms with Crippen LogP contribution in [0.3, 0.4) is 0 Å². The third-order valence-electron chi connectivity index (χ3n) is 7.22. The number of imide groups is 1. The molecule has 2 bridgehead atoms. The minimum Gasteiger partial charge on any atom is -0.372 e. The molecule has 0 radical (unpaired) electrons. The van der Waals surface area contributed by atoms with Crippen molar-refractivity contribution >= 4 is 17.7 Å². The number of nitrogens with one attached hydrogen (secondary N) is 2. The first-order valence-corrected chi connectivity index (χ1v) is 10.8. The summed E-state index contributed by atoms with van der Waals surface area (Å²) in [6.07, 6.45) is 4.55. The fraction of sp³-hybridized carbons (Fsp3) is 0.591. The second-order valence-corrected chi connectivity index (χ2v) is 9.29. The van der Waals surface area contributed by atoms with Gasteiger partial charge in [-0.25, -0.2) is 0 Å². The van der Waals surface area contributed by atoms with Crippen LogP contribution in [-0.2, 0) is 27.4 Å². The molecule has 4 heterocycles. The molecule has 6 rings (SSSR count).